The highest BCUT2D eigenvalue weighted by atomic mass is 16.2. The molecule has 2 amide bonds. The zero-order valence-corrected chi connectivity index (χ0v) is 17.7. The Labute approximate surface area is 185 Å². The number of amides is 2. The molecule has 0 radical (unpaired) electrons. The summed E-state index contributed by atoms with van der Waals surface area (Å²) in [5, 5.41) is 28.3. The van der Waals surface area contributed by atoms with Gasteiger partial charge in [-0.05, 0) is 24.8 Å². The standard InChI is InChI=1S/C20H25N11O/c1-14(23)31(24)18-3-5-26-19(28-18)29-6-8-30(9-7-29)20(32)27-17(2-4-21)16-10-15(11-22)12-25-13-16/h3-5,10,12-13,17,21,23H,2,6-9,24H2,1H3,(H,27,32)/t17-/m0/s1. The molecule has 0 saturated carbocycles. The Balaban J connectivity index is 1.62. The first kappa shape index (κ1) is 22.6. The fourth-order valence-electron chi connectivity index (χ4n) is 3.25. The number of rotatable bonds is 6. The molecule has 0 aliphatic carbocycles. The zero-order valence-electron chi connectivity index (χ0n) is 17.7. The number of hydrazine groups is 1. The second kappa shape index (κ2) is 10.3. The molecule has 12 nitrogen and oxygen atoms in total. The number of carbonyl (C=O) groups excluding carboxylic acids is 1. The second-order valence-electron chi connectivity index (χ2n) is 7.21. The molecule has 0 aromatic carbocycles. The van der Waals surface area contributed by atoms with Crippen LogP contribution in [0.3, 0.4) is 0 Å². The second-order valence-corrected chi connectivity index (χ2v) is 7.21. The predicted octanol–water partition coefficient (Wildman–Crippen LogP) is 1.03. The minimum absolute atomic E-state index is 0.158. The number of hydrogen-bond acceptors (Lipinski definition) is 9. The van der Waals surface area contributed by atoms with Gasteiger partial charge in [-0.25, -0.2) is 20.6 Å². The Kier molecular flexibility index (Phi) is 7.25. The molecule has 32 heavy (non-hydrogen) atoms. The molecule has 1 fully saturated rings. The number of piperazine rings is 1. The van der Waals surface area contributed by atoms with E-state index in [9.17, 15) is 4.79 Å². The summed E-state index contributed by atoms with van der Waals surface area (Å²) in [7, 11) is 0. The number of pyridine rings is 1. The SMILES string of the molecule is CC(=N)N(N)c1ccnc(N2CCN(C(=O)N[C@@H](CC=N)c3cncc(C#N)c3)CC2)n1. The van der Waals surface area contributed by atoms with Crippen molar-refractivity contribution >= 4 is 29.8 Å². The number of urea groups is 1. The van der Waals surface area contributed by atoms with E-state index in [1.165, 1.54) is 17.4 Å². The van der Waals surface area contributed by atoms with E-state index in [0.29, 0.717) is 55.5 Å². The molecule has 5 N–H and O–H groups in total. The number of amidine groups is 1. The van der Waals surface area contributed by atoms with Crippen LogP contribution in [0.15, 0.2) is 30.7 Å². The summed E-state index contributed by atoms with van der Waals surface area (Å²) < 4.78 is 0. The number of nitrogens with two attached hydrogens (primary N) is 1. The third-order valence-corrected chi connectivity index (χ3v) is 5.03. The van der Waals surface area contributed by atoms with E-state index < -0.39 is 6.04 Å². The Morgan fingerprint density at radius 2 is 2.16 bits per heavy atom. The molecule has 166 valence electrons. The van der Waals surface area contributed by atoms with E-state index >= 15 is 0 Å². The van der Waals surface area contributed by atoms with Crippen LogP contribution in [0.1, 0.15) is 30.5 Å². The summed E-state index contributed by atoms with van der Waals surface area (Å²) in [5.41, 5.74) is 1.08. The molecule has 2 aromatic heterocycles. The van der Waals surface area contributed by atoms with Crippen LogP contribution in [-0.4, -0.2) is 64.1 Å². The molecule has 1 atom stereocenters. The van der Waals surface area contributed by atoms with Crippen molar-refractivity contribution in [3.63, 3.8) is 0 Å². The third-order valence-electron chi connectivity index (χ3n) is 5.03. The fourth-order valence-corrected chi connectivity index (χ4v) is 3.25. The van der Waals surface area contributed by atoms with Gasteiger partial charge in [0.25, 0.3) is 0 Å². The van der Waals surface area contributed by atoms with Crippen molar-refractivity contribution in [1.29, 1.82) is 16.1 Å². The smallest absolute Gasteiger partial charge is 0.318 e. The highest BCUT2D eigenvalue weighted by Crippen LogP contribution is 2.18. The first-order valence-electron chi connectivity index (χ1n) is 10.00. The van der Waals surface area contributed by atoms with Gasteiger partial charge in [-0.15, -0.1) is 0 Å². The number of nitrogens with zero attached hydrogens (tertiary/aromatic N) is 7. The van der Waals surface area contributed by atoms with Gasteiger partial charge < -0.3 is 20.5 Å². The van der Waals surface area contributed by atoms with Gasteiger partial charge in [0.05, 0.1) is 11.6 Å². The number of carbonyl (C=O) groups is 1. The minimum atomic E-state index is -0.446. The Hall–Kier alpha value is -4.11. The number of hydrogen-bond donors (Lipinski definition) is 4. The number of nitrogens with one attached hydrogen (secondary N) is 3. The predicted molar refractivity (Wildman–Crippen MR) is 120 cm³/mol. The molecule has 3 heterocycles. The number of aromatic nitrogens is 3. The molecule has 0 unspecified atom stereocenters. The van der Waals surface area contributed by atoms with Gasteiger partial charge in [-0.3, -0.25) is 10.4 Å². The van der Waals surface area contributed by atoms with Gasteiger partial charge in [0.1, 0.15) is 11.9 Å². The van der Waals surface area contributed by atoms with Crippen LogP contribution in [0.2, 0.25) is 0 Å². The van der Waals surface area contributed by atoms with E-state index in [1.54, 1.807) is 36.4 Å². The van der Waals surface area contributed by atoms with Crippen LogP contribution in [0, 0.1) is 22.1 Å². The monoisotopic (exact) mass is 435 g/mol. The van der Waals surface area contributed by atoms with Crippen LogP contribution >= 0.6 is 0 Å². The van der Waals surface area contributed by atoms with E-state index in [2.05, 4.69) is 20.3 Å². The normalized spacial score (nSPS) is 14.3. The van der Waals surface area contributed by atoms with Crippen molar-refractivity contribution in [2.45, 2.75) is 19.4 Å². The Morgan fingerprint density at radius 1 is 1.41 bits per heavy atom. The van der Waals surface area contributed by atoms with Gasteiger partial charge in [-0.2, -0.15) is 10.2 Å². The van der Waals surface area contributed by atoms with Crippen molar-refractivity contribution in [2.24, 2.45) is 5.84 Å². The van der Waals surface area contributed by atoms with Gasteiger partial charge >= 0.3 is 6.03 Å². The minimum Gasteiger partial charge on any atom is -0.337 e. The topological polar surface area (TPSA) is 175 Å². The lowest BCUT2D eigenvalue weighted by atomic mass is 10.0. The van der Waals surface area contributed by atoms with E-state index in [-0.39, 0.29) is 11.9 Å². The lowest BCUT2D eigenvalue weighted by Crippen LogP contribution is -2.52. The van der Waals surface area contributed by atoms with Crippen LogP contribution in [-0.2, 0) is 0 Å². The van der Waals surface area contributed by atoms with Crippen LogP contribution in [0.25, 0.3) is 0 Å². The summed E-state index contributed by atoms with van der Waals surface area (Å²) in [6.07, 6.45) is 6.16. The Bertz CT molecular complexity index is 1030. The van der Waals surface area contributed by atoms with Gasteiger partial charge in [-0.1, -0.05) is 0 Å². The van der Waals surface area contributed by atoms with Crippen LogP contribution < -0.4 is 21.1 Å². The number of anilines is 2. The Morgan fingerprint density at radius 3 is 2.81 bits per heavy atom. The highest BCUT2D eigenvalue weighted by Gasteiger charge is 2.25. The third kappa shape index (κ3) is 5.32. The summed E-state index contributed by atoms with van der Waals surface area (Å²) in [6, 6.07) is 4.64. The molecule has 1 aliphatic rings. The molecule has 3 rings (SSSR count). The van der Waals surface area contributed by atoms with Gasteiger partial charge in [0.2, 0.25) is 5.95 Å². The maximum atomic E-state index is 12.8. The first-order valence-corrected chi connectivity index (χ1v) is 10.00. The highest BCUT2D eigenvalue weighted by molar-refractivity contribution is 5.91. The largest absolute Gasteiger partial charge is 0.337 e. The lowest BCUT2D eigenvalue weighted by Gasteiger charge is -2.35. The van der Waals surface area contributed by atoms with Crippen molar-refractivity contribution < 1.29 is 4.79 Å². The van der Waals surface area contributed by atoms with Crippen molar-refractivity contribution in [1.82, 2.24) is 25.2 Å². The average molecular weight is 435 g/mol. The zero-order chi connectivity index (χ0) is 23.1. The van der Waals surface area contributed by atoms with E-state index in [1.807, 2.05) is 11.0 Å². The molecular weight excluding hydrogens is 410 g/mol. The van der Waals surface area contributed by atoms with Crippen molar-refractivity contribution in [2.75, 3.05) is 36.1 Å². The molecule has 1 saturated heterocycles. The molecule has 12 heteroatoms. The van der Waals surface area contributed by atoms with Gasteiger partial charge in [0.15, 0.2) is 5.82 Å². The summed E-state index contributed by atoms with van der Waals surface area (Å²) in [6.45, 7) is 3.56. The summed E-state index contributed by atoms with van der Waals surface area (Å²) in [4.78, 5) is 29.2. The van der Waals surface area contributed by atoms with Crippen LogP contribution in [0.4, 0.5) is 16.6 Å². The summed E-state index contributed by atoms with van der Waals surface area (Å²) >= 11 is 0. The average Bonchev–Trinajstić information content (AvgIpc) is 2.83. The quantitative estimate of drug-likeness (QED) is 0.225. The van der Waals surface area contributed by atoms with E-state index in [4.69, 9.17) is 21.9 Å². The number of nitriles is 1. The maximum absolute atomic E-state index is 12.8. The fraction of sp³-hybridized carbons (Fsp3) is 0.350. The summed E-state index contributed by atoms with van der Waals surface area (Å²) in [5.74, 6) is 6.90. The first-order chi connectivity index (χ1) is 15.4. The maximum Gasteiger partial charge on any atom is 0.318 e. The van der Waals surface area contributed by atoms with Crippen molar-refractivity contribution in [3.8, 4) is 6.07 Å². The molecule has 0 bridgehead atoms. The van der Waals surface area contributed by atoms with Crippen LogP contribution in [0.5, 0.6) is 0 Å². The molecule has 2 aromatic rings. The lowest BCUT2D eigenvalue weighted by molar-refractivity contribution is 0.190. The molecule has 0 spiro atoms. The molecular formula is C20H25N11O. The van der Waals surface area contributed by atoms with Gasteiger partial charge in [0, 0.05) is 57.3 Å². The van der Waals surface area contributed by atoms with E-state index in [0.717, 1.165) is 0 Å². The molecule has 1 aliphatic heterocycles. The van der Waals surface area contributed by atoms with Crippen molar-refractivity contribution in [3.05, 3.63) is 41.9 Å².